The molecule has 1 aromatic heterocycles. The molecule has 0 aliphatic carbocycles. The highest BCUT2D eigenvalue weighted by Gasteiger charge is 2.15. The van der Waals surface area contributed by atoms with Gasteiger partial charge >= 0.3 is 5.97 Å². The lowest BCUT2D eigenvalue weighted by Crippen LogP contribution is -2.30. The zero-order chi connectivity index (χ0) is 12.0. The van der Waals surface area contributed by atoms with Crippen LogP contribution in [0.15, 0.2) is 17.5 Å². The second-order valence-corrected chi connectivity index (χ2v) is 5.05. The smallest absolute Gasteiger partial charge is 0.309 e. The summed E-state index contributed by atoms with van der Waals surface area (Å²) in [6, 6.07) is 4.21. The number of likely N-dealkylation sites (N-methyl/N-ethyl adjacent to an activating group) is 1. The van der Waals surface area contributed by atoms with E-state index >= 15 is 0 Å². The summed E-state index contributed by atoms with van der Waals surface area (Å²) in [6.45, 7) is 3.62. The van der Waals surface area contributed by atoms with E-state index in [9.17, 15) is 4.79 Å². The molecule has 0 spiro atoms. The summed E-state index contributed by atoms with van der Waals surface area (Å²) in [5, 5.41) is 2.09. The minimum Gasteiger partial charge on any atom is -0.469 e. The van der Waals surface area contributed by atoms with Crippen LogP contribution in [0, 0.1) is 5.92 Å². The van der Waals surface area contributed by atoms with Crippen LogP contribution in [0.4, 0.5) is 0 Å². The molecule has 16 heavy (non-hydrogen) atoms. The van der Waals surface area contributed by atoms with E-state index < -0.39 is 0 Å². The lowest BCUT2D eigenvalue weighted by Gasteiger charge is -2.19. The number of hydrogen-bond acceptors (Lipinski definition) is 4. The van der Waals surface area contributed by atoms with Gasteiger partial charge in [-0.15, -0.1) is 11.3 Å². The number of carbonyl (C=O) groups is 1. The SMILES string of the molecule is COC(=O)C(C)CN(C)CCc1cccs1. The van der Waals surface area contributed by atoms with Gasteiger partial charge in [0.05, 0.1) is 13.0 Å². The third-order valence-electron chi connectivity index (χ3n) is 2.51. The van der Waals surface area contributed by atoms with Gasteiger partial charge in [-0.3, -0.25) is 4.79 Å². The molecule has 1 rings (SSSR count). The van der Waals surface area contributed by atoms with Gasteiger partial charge in [-0.05, 0) is 24.9 Å². The van der Waals surface area contributed by atoms with E-state index in [1.807, 2.05) is 14.0 Å². The quantitative estimate of drug-likeness (QED) is 0.714. The number of nitrogens with zero attached hydrogens (tertiary/aromatic N) is 1. The molecule has 1 atom stereocenters. The normalized spacial score (nSPS) is 12.8. The fraction of sp³-hybridized carbons (Fsp3) is 0.583. The van der Waals surface area contributed by atoms with Gasteiger partial charge in [0.15, 0.2) is 0 Å². The second kappa shape index (κ2) is 6.66. The molecule has 0 radical (unpaired) electrons. The molecule has 0 fully saturated rings. The Bertz CT molecular complexity index is 311. The molecule has 1 heterocycles. The van der Waals surface area contributed by atoms with E-state index in [0.717, 1.165) is 19.5 Å². The standard InChI is InChI=1S/C12H19NO2S/c1-10(12(14)15-3)9-13(2)7-6-11-5-4-8-16-11/h4-5,8,10H,6-7,9H2,1-3H3. The molecule has 0 amide bonds. The number of carbonyl (C=O) groups excluding carboxylic acids is 1. The van der Waals surface area contributed by atoms with Crippen LogP contribution in [0.25, 0.3) is 0 Å². The first kappa shape index (κ1) is 13.2. The first-order valence-corrected chi connectivity index (χ1v) is 6.30. The van der Waals surface area contributed by atoms with Crippen molar-refractivity contribution in [2.75, 3.05) is 27.2 Å². The second-order valence-electron chi connectivity index (χ2n) is 4.02. The highest BCUT2D eigenvalue weighted by molar-refractivity contribution is 7.09. The number of esters is 1. The van der Waals surface area contributed by atoms with Crippen LogP contribution in [0.2, 0.25) is 0 Å². The summed E-state index contributed by atoms with van der Waals surface area (Å²) in [7, 11) is 3.47. The Labute approximate surface area is 101 Å². The topological polar surface area (TPSA) is 29.5 Å². The lowest BCUT2D eigenvalue weighted by atomic mass is 10.1. The Hall–Kier alpha value is -0.870. The molecule has 3 nitrogen and oxygen atoms in total. The number of thiophene rings is 1. The zero-order valence-corrected chi connectivity index (χ0v) is 10.9. The van der Waals surface area contributed by atoms with Gasteiger partial charge in [-0.2, -0.15) is 0 Å². The van der Waals surface area contributed by atoms with Crippen LogP contribution in [-0.4, -0.2) is 38.1 Å². The van der Waals surface area contributed by atoms with Gasteiger partial charge < -0.3 is 9.64 Å². The van der Waals surface area contributed by atoms with Crippen molar-refractivity contribution in [2.45, 2.75) is 13.3 Å². The van der Waals surface area contributed by atoms with Crippen molar-refractivity contribution in [3.05, 3.63) is 22.4 Å². The third-order valence-corrected chi connectivity index (χ3v) is 3.45. The largest absolute Gasteiger partial charge is 0.469 e. The number of rotatable bonds is 6. The number of ether oxygens (including phenoxy) is 1. The van der Waals surface area contributed by atoms with Crippen molar-refractivity contribution in [1.29, 1.82) is 0 Å². The fourth-order valence-corrected chi connectivity index (χ4v) is 2.29. The summed E-state index contributed by atoms with van der Waals surface area (Å²) < 4.78 is 4.70. The molecule has 0 saturated carbocycles. The van der Waals surface area contributed by atoms with E-state index in [1.165, 1.54) is 12.0 Å². The highest BCUT2D eigenvalue weighted by Crippen LogP contribution is 2.10. The Balaban J connectivity index is 2.25. The molecule has 0 aliphatic rings. The molecule has 1 unspecified atom stereocenters. The van der Waals surface area contributed by atoms with E-state index in [0.29, 0.717) is 0 Å². The maximum absolute atomic E-state index is 11.2. The molecule has 0 aliphatic heterocycles. The van der Waals surface area contributed by atoms with Crippen molar-refractivity contribution >= 4 is 17.3 Å². The van der Waals surface area contributed by atoms with Crippen LogP contribution >= 0.6 is 11.3 Å². The van der Waals surface area contributed by atoms with Crippen LogP contribution in [0.1, 0.15) is 11.8 Å². The van der Waals surface area contributed by atoms with Crippen molar-refractivity contribution in [1.82, 2.24) is 4.90 Å². The minimum absolute atomic E-state index is 0.0571. The number of hydrogen-bond donors (Lipinski definition) is 0. The summed E-state index contributed by atoms with van der Waals surface area (Å²) in [6.07, 6.45) is 1.04. The highest BCUT2D eigenvalue weighted by atomic mass is 32.1. The third kappa shape index (κ3) is 4.33. The first-order chi connectivity index (χ1) is 7.63. The predicted molar refractivity (Wildman–Crippen MR) is 66.7 cm³/mol. The van der Waals surface area contributed by atoms with Gasteiger partial charge in [-0.25, -0.2) is 0 Å². The van der Waals surface area contributed by atoms with Gasteiger partial charge in [0.25, 0.3) is 0 Å². The average Bonchev–Trinajstić information content (AvgIpc) is 2.78. The average molecular weight is 241 g/mol. The van der Waals surface area contributed by atoms with E-state index in [-0.39, 0.29) is 11.9 Å². The van der Waals surface area contributed by atoms with Crippen molar-refractivity contribution in [3.8, 4) is 0 Å². The Morgan fingerprint density at radius 3 is 2.94 bits per heavy atom. The van der Waals surface area contributed by atoms with E-state index in [1.54, 1.807) is 11.3 Å². The molecule has 0 N–H and O–H groups in total. The van der Waals surface area contributed by atoms with Crippen molar-refractivity contribution in [3.63, 3.8) is 0 Å². The zero-order valence-electron chi connectivity index (χ0n) is 10.1. The molecule has 0 aromatic carbocycles. The van der Waals surface area contributed by atoms with Gasteiger partial charge in [0, 0.05) is 18.0 Å². The van der Waals surface area contributed by atoms with Gasteiger partial charge in [0.1, 0.15) is 0 Å². The fourth-order valence-electron chi connectivity index (χ4n) is 1.59. The summed E-state index contributed by atoms with van der Waals surface area (Å²) >= 11 is 1.78. The van der Waals surface area contributed by atoms with Gasteiger partial charge in [0.2, 0.25) is 0 Å². The Morgan fingerprint density at radius 1 is 1.62 bits per heavy atom. The maximum Gasteiger partial charge on any atom is 0.309 e. The first-order valence-electron chi connectivity index (χ1n) is 5.42. The van der Waals surface area contributed by atoms with Crippen LogP contribution in [0.3, 0.4) is 0 Å². The molecule has 0 bridgehead atoms. The summed E-state index contributed by atoms with van der Waals surface area (Å²) in [5.41, 5.74) is 0. The van der Waals surface area contributed by atoms with E-state index in [2.05, 4.69) is 22.4 Å². The van der Waals surface area contributed by atoms with E-state index in [4.69, 9.17) is 4.74 Å². The van der Waals surface area contributed by atoms with Crippen LogP contribution in [-0.2, 0) is 16.0 Å². The van der Waals surface area contributed by atoms with Crippen molar-refractivity contribution < 1.29 is 9.53 Å². The molecule has 90 valence electrons. The van der Waals surface area contributed by atoms with Gasteiger partial charge in [-0.1, -0.05) is 13.0 Å². The predicted octanol–water partition coefficient (Wildman–Crippen LogP) is 2.03. The molecule has 4 heteroatoms. The molecular formula is C12H19NO2S. The monoisotopic (exact) mass is 241 g/mol. The molecule has 1 aromatic rings. The molecular weight excluding hydrogens is 222 g/mol. The Morgan fingerprint density at radius 2 is 2.38 bits per heavy atom. The Kier molecular flexibility index (Phi) is 5.49. The lowest BCUT2D eigenvalue weighted by molar-refractivity contribution is -0.145. The summed E-state index contributed by atoms with van der Waals surface area (Å²) in [5.74, 6) is -0.193. The van der Waals surface area contributed by atoms with Crippen LogP contribution < -0.4 is 0 Å². The minimum atomic E-state index is -0.136. The molecule has 0 saturated heterocycles. The van der Waals surface area contributed by atoms with Crippen LogP contribution in [0.5, 0.6) is 0 Å². The maximum atomic E-state index is 11.2. The number of methoxy groups -OCH3 is 1. The van der Waals surface area contributed by atoms with Crippen molar-refractivity contribution in [2.24, 2.45) is 5.92 Å². The summed E-state index contributed by atoms with van der Waals surface area (Å²) in [4.78, 5) is 14.8.